The quantitative estimate of drug-likeness (QED) is 0.383. The van der Waals surface area contributed by atoms with Gasteiger partial charge in [0.05, 0.1) is 17.9 Å². The molecule has 0 radical (unpaired) electrons. The molecule has 7 nitrogen and oxygen atoms in total. The van der Waals surface area contributed by atoms with Crippen LogP contribution >= 0.6 is 11.8 Å². The smallest absolute Gasteiger partial charge is 0.237 e. The summed E-state index contributed by atoms with van der Waals surface area (Å²) in [5, 5.41) is 8.72. The summed E-state index contributed by atoms with van der Waals surface area (Å²) in [6.45, 7) is 3.83. The Morgan fingerprint density at radius 2 is 1.93 bits per heavy atom. The Labute approximate surface area is 172 Å². The maximum Gasteiger partial charge on any atom is 0.237 e. The molecule has 2 heterocycles. The largest absolute Gasteiger partial charge is 0.497 e. The monoisotopic (exact) mass is 407 g/mol. The molecule has 4 aromatic rings. The van der Waals surface area contributed by atoms with E-state index >= 15 is 0 Å². The van der Waals surface area contributed by atoms with Crippen LogP contribution in [0, 0.1) is 6.92 Å². The average Bonchev–Trinajstić information content (AvgIpc) is 3.14. The molecule has 8 heteroatoms. The fraction of sp³-hybridized carbons (Fsp3) is 0.238. The number of hydrogen-bond donors (Lipinski definition) is 1. The second kappa shape index (κ2) is 8.08. The highest BCUT2D eigenvalue weighted by Crippen LogP contribution is 2.29. The first-order valence-electron chi connectivity index (χ1n) is 9.32. The molecule has 0 bridgehead atoms. The van der Waals surface area contributed by atoms with Crippen LogP contribution in [0.25, 0.3) is 16.6 Å². The number of nitrogens with one attached hydrogen (secondary N) is 1. The molecule has 0 fully saturated rings. The predicted molar refractivity (Wildman–Crippen MR) is 115 cm³/mol. The molecule has 1 atom stereocenters. The van der Waals surface area contributed by atoms with E-state index in [1.54, 1.807) is 11.6 Å². The lowest BCUT2D eigenvalue weighted by Gasteiger charge is -2.15. The van der Waals surface area contributed by atoms with Crippen LogP contribution in [0.1, 0.15) is 19.2 Å². The van der Waals surface area contributed by atoms with Gasteiger partial charge in [-0.25, -0.2) is 9.97 Å². The van der Waals surface area contributed by atoms with Crippen molar-refractivity contribution in [2.24, 2.45) is 0 Å². The topological polar surface area (TPSA) is 81.4 Å². The summed E-state index contributed by atoms with van der Waals surface area (Å²) in [5.41, 5.74) is 2.31. The van der Waals surface area contributed by atoms with Crippen LogP contribution in [0.2, 0.25) is 0 Å². The van der Waals surface area contributed by atoms with E-state index in [0.717, 1.165) is 28.0 Å². The van der Waals surface area contributed by atoms with Crippen molar-refractivity contribution in [1.29, 1.82) is 0 Å². The molecular formula is C21H21N5O2S. The number of rotatable bonds is 6. The molecular weight excluding hydrogens is 386 g/mol. The van der Waals surface area contributed by atoms with Gasteiger partial charge in [-0.1, -0.05) is 30.8 Å². The van der Waals surface area contributed by atoms with Crippen molar-refractivity contribution in [2.75, 3.05) is 12.4 Å². The first kappa shape index (κ1) is 19.2. The van der Waals surface area contributed by atoms with E-state index < -0.39 is 0 Å². The number of benzene rings is 2. The summed E-state index contributed by atoms with van der Waals surface area (Å²) < 4.78 is 6.89. The van der Waals surface area contributed by atoms with Crippen LogP contribution in [0.15, 0.2) is 53.7 Å². The Kier molecular flexibility index (Phi) is 5.35. The molecule has 2 aromatic heterocycles. The van der Waals surface area contributed by atoms with Crippen molar-refractivity contribution >= 4 is 39.9 Å². The minimum Gasteiger partial charge on any atom is -0.497 e. The molecule has 4 rings (SSSR count). The molecule has 1 N–H and O–H groups in total. The second-order valence-corrected chi connectivity index (χ2v) is 7.71. The summed E-state index contributed by atoms with van der Waals surface area (Å²) in [6, 6.07) is 15.1. The van der Waals surface area contributed by atoms with E-state index in [1.165, 1.54) is 11.8 Å². The van der Waals surface area contributed by atoms with Gasteiger partial charge in [0.2, 0.25) is 5.91 Å². The van der Waals surface area contributed by atoms with Gasteiger partial charge >= 0.3 is 0 Å². The number of carbonyl (C=O) groups is 1. The van der Waals surface area contributed by atoms with E-state index in [0.29, 0.717) is 17.4 Å². The lowest BCUT2D eigenvalue weighted by atomic mass is 10.2. The Hall–Kier alpha value is -3.13. The van der Waals surface area contributed by atoms with Crippen molar-refractivity contribution in [3.05, 3.63) is 54.4 Å². The van der Waals surface area contributed by atoms with Crippen molar-refractivity contribution in [3.63, 3.8) is 0 Å². The van der Waals surface area contributed by atoms with Crippen molar-refractivity contribution < 1.29 is 9.53 Å². The highest BCUT2D eigenvalue weighted by molar-refractivity contribution is 8.00. The minimum absolute atomic E-state index is 0.0809. The van der Waals surface area contributed by atoms with Gasteiger partial charge in [0.1, 0.15) is 11.6 Å². The van der Waals surface area contributed by atoms with Crippen LogP contribution < -0.4 is 10.1 Å². The standard InChI is InChI=1S/C21H21N5O2S/c1-4-18(20(27)23-14-9-11-15(28-3)12-10-14)29-21-24-17-8-6-5-7-16(17)19-22-13(2)25-26(19)21/h5-12,18H,4H2,1-3H3,(H,23,27)/t18-/m0/s1. The Morgan fingerprint density at radius 3 is 2.66 bits per heavy atom. The number of hydrogen-bond acceptors (Lipinski definition) is 6. The van der Waals surface area contributed by atoms with Crippen LogP contribution in [-0.4, -0.2) is 37.8 Å². The molecule has 0 saturated heterocycles. The van der Waals surface area contributed by atoms with Crippen LogP contribution in [0.3, 0.4) is 0 Å². The third kappa shape index (κ3) is 3.88. The minimum atomic E-state index is -0.321. The van der Waals surface area contributed by atoms with Gasteiger partial charge in [-0.2, -0.15) is 4.52 Å². The summed E-state index contributed by atoms with van der Waals surface area (Å²) in [6.07, 6.45) is 0.649. The number of fused-ring (bicyclic) bond motifs is 3. The summed E-state index contributed by atoms with van der Waals surface area (Å²) >= 11 is 1.39. The van der Waals surface area contributed by atoms with Gasteiger partial charge in [0.15, 0.2) is 10.8 Å². The van der Waals surface area contributed by atoms with Gasteiger partial charge in [-0.05, 0) is 49.7 Å². The number of methoxy groups -OCH3 is 1. The Balaban J connectivity index is 1.63. The number of anilines is 1. The zero-order chi connectivity index (χ0) is 20.4. The molecule has 0 saturated carbocycles. The molecule has 1 amide bonds. The predicted octanol–water partition coefficient (Wildman–Crippen LogP) is 4.10. The maximum absolute atomic E-state index is 12.9. The van der Waals surface area contributed by atoms with Gasteiger partial charge in [-0.3, -0.25) is 4.79 Å². The lowest BCUT2D eigenvalue weighted by Crippen LogP contribution is -2.25. The number of ether oxygens (including phenoxy) is 1. The molecule has 0 aliphatic rings. The summed E-state index contributed by atoms with van der Waals surface area (Å²) in [7, 11) is 1.61. The number of para-hydroxylation sites is 1. The normalized spacial score (nSPS) is 12.2. The number of thioether (sulfide) groups is 1. The average molecular weight is 407 g/mol. The van der Waals surface area contributed by atoms with Crippen molar-refractivity contribution in [2.45, 2.75) is 30.7 Å². The van der Waals surface area contributed by atoms with Gasteiger partial charge < -0.3 is 10.1 Å². The molecule has 0 aliphatic carbocycles. The van der Waals surface area contributed by atoms with E-state index in [1.807, 2.05) is 62.4 Å². The molecule has 2 aromatic carbocycles. The van der Waals surface area contributed by atoms with Crippen LogP contribution in [-0.2, 0) is 4.79 Å². The van der Waals surface area contributed by atoms with Crippen molar-refractivity contribution in [1.82, 2.24) is 19.6 Å². The Bertz CT molecular complexity index is 1170. The SMILES string of the molecule is CC[C@H](Sc1nc2ccccc2c2nc(C)nn12)C(=O)Nc1ccc(OC)cc1. The van der Waals surface area contributed by atoms with Crippen LogP contribution in [0.5, 0.6) is 5.75 Å². The molecule has 0 unspecified atom stereocenters. The number of carbonyl (C=O) groups excluding carboxylic acids is 1. The fourth-order valence-electron chi connectivity index (χ4n) is 3.06. The van der Waals surface area contributed by atoms with Gasteiger partial charge in [-0.15, -0.1) is 5.10 Å². The summed E-state index contributed by atoms with van der Waals surface area (Å²) in [5.74, 6) is 1.33. The fourth-order valence-corrected chi connectivity index (χ4v) is 4.02. The lowest BCUT2D eigenvalue weighted by molar-refractivity contribution is -0.115. The number of nitrogens with zero attached hydrogens (tertiary/aromatic N) is 4. The van der Waals surface area contributed by atoms with E-state index in [2.05, 4.69) is 15.4 Å². The van der Waals surface area contributed by atoms with Gasteiger partial charge in [0.25, 0.3) is 0 Å². The third-order valence-electron chi connectivity index (χ3n) is 4.52. The number of aryl methyl sites for hydroxylation is 1. The highest BCUT2D eigenvalue weighted by Gasteiger charge is 2.22. The van der Waals surface area contributed by atoms with E-state index in [-0.39, 0.29) is 11.2 Å². The molecule has 29 heavy (non-hydrogen) atoms. The van der Waals surface area contributed by atoms with Crippen LogP contribution in [0.4, 0.5) is 5.69 Å². The number of amides is 1. The highest BCUT2D eigenvalue weighted by atomic mass is 32.2. The zero-order valence-corrected chi connectivity index (χ0v) is 17.2. The first-order valence-corrected chi connectivity index (χ1v) is 10.2. The first-order chi connectivity index (χ1) is 14.1. The Morgan fingerprint density at radius 1 is 1.17 bits per heavy atom. The molecule has 0 spiro atoms. The third-order valence-corrected chi connectivity index (χ3v) is 5.83. The number of aromatic nitrogens is 4. The molecule has 148 valence electrons. The molecule has 0 aliphatic heterocycles. The van der Waals surface area contributed by atoms with E-state index in [4.69, 9.17) is 9.72 Å². The maximum atomic E-state index is 12.9. The summed E-state index contributed by atoms with van der Waals surface area (Å²) in [4.78, 5) is 22.2. The van der Waals surface area contributed by atoms with E-state index in [9.17, 15) is 4.79 Å². The van der Waals surface area contributed by atoms with Crippen molar-refractivity contribution in [3.8, 4) is 5.75 Å². The zero-order valence-electron chi connectivity index (χ0n) is 16.4. The van der Waals surface area contributed by atoms with Gasteiger partial charge in [0, 0.05) is 11.1 Å². The second-order valence-electron chi connectivity index (χ2n) is 6.54.